The van der Waals surface area contributed by atoms with E-state index < -0.39 is 0 Å². The first kappa shape index (κ1) is 27.5. The molecule has 0 radical (unpaired) electrons. The molecule has 8 aromatic rings. The smallest absolute Gasteiger partial charge is 0.160 e. The lowest BCUT2D eigenvalue weighted by molar-refractivity contribution is 0.661. The molecule has 0 saturated heterocycles. The van der Waals surface area contributed by atoms with Gasteiger partial charge in [-0.3, -0.25) is 0 Å². The number of fused-ring (bicyclic) bond motifs is 5. The van der Waals surface area contributed by atoms with Crippen LogP contribution in [0.2, 0.25) is 0 Å². The molecular weight excluding hydrogens is 569 g/mol. The number of hydrogen-bond acceptors (Lipinski definition) is 2. The van der Waals surface area contributed by atoms with E-state index in [9.17, 15) is 0 Å². The summed E-state index contributed by atoms with van der Waals surface area (Å²) < 4.78 is 0. The molecule has 0 unspecified atom stereocenters. The second-order valence-corrected chi connectivity index (χ2v) is 13.0. The van der Waals surface area contributed by atoms with E-state index in [1.54, 1.807) is 0 Å². The number of hydrogen-bond donors (Lipinski definition) is 0. The van der Waals surface area contributed by atoms with E-state index in [1.165, 1.54) is 54.9 Å². The van der Waals surface area contributed by atoms with Crippen molar-refractivity contribution in [2.75, 3.05) is 0 Å². The molecule has 7 aromatic carbocycles. The summed E-state index contributed by atoms with van der Waals surface area (Å²) in [5.41, 5.74) is 12.9. The second-order valence-electron chi connectivity index (χ2n) is 13.0. The van der Waals surface area contributed by atoms with Crippen molar-refractivity contribution in [3.8, 4) is 56.2 Å². The van der Waals surface area contributed by atoms with Crippen molar-refractivity contribution in [3.63, 3.8) is 0 Å². The lowest BCUT2D eigenvalue weighted by Gasteiger charge is -2.22. The molecule has 2 nitrogen and oxygen atoms in total. The van der Waals surface area contributed by atoms with Crippen LogP contribution in [0.25, 0.3) is 77.7 Å². The fourth-order valence-corrected chi connectivity index (χ4v) is 7.43. The van der Waals surface area contributed by atoms with Crippen molar-refractivity contribution < 1.29 is 0 Å². The average Bonchev–Trinajstić information content (AvgIpc) is 3.36. The molecule has 2 heteroatoms. The normalized spacial score (nSPS) is 13.1. The predicted octanol–water partition coefficient (Wildman–Crippen LogP) is 11.8. The zero-order chi connectivity index (χ0) is 31.5. The van der Waals surface area contributed by atoms with Crippen LogP contribution in [0.5, 0.6) is 0 Å². The minimum atomic E-state index is -0.0720. The summed E-state index contributed by atoms with van der Waals surface area (Å²) in [5, 5.41) is 4.95. The molecule has 9 rings (SSSR count). The Morgan fingerprint density at radius 2 is 1.02 bits per heavy atom. The van der Waals surface area contributed by atoms with Gasteiger partial charge in [0, 0.05) is 22.1 Å². The third kappa shape index (κ3) is 4.48. The molecule has 1 aliphatic rings. The average molecular weight is 601 g/mol. The van der Waals surface area contributed by atoms with Gasteiger partial charge < -0.3 is 0 Å². The molecule has 0 fully saturated rings. The topological polar surface area (TPSA) is 25.8 Å². The van der Waals surface area contributed by atoms with Crippen molar-refractivity contribution in [1.82, 2.24) is 9.97 Å². The van der Waals surface area contributed by atoms with Crippen LogP contribution in [0, 0.1) is 0 Å². The summed E-state index contributed by atoms with van der Waals surface area (Å²) in [6.07, 6.45) is 0. The van der Waals surface area contributed by atoms with E-state index in [2.05, 4.69) is 153 Å². The fourth-order valence-electron chi connectivity index (χ4n) is 7.43. The minimum Gasteiger partial charge on any atom is -0.228 e. The van der Waals surface area contributed by atoms with Gasteiger partial charge in [0.2, 0.25) is 0 Å². The summed E-state index contributed by atoms with van der Waals surface area (Å²) in [6.45, 7) is 4.71. The molecule has 222 valence electrons. The Hall–Kier alpha value is -5.86. The lowest BCUT2D eigenvalue weighted by atomic mass is 9.81. The van der Waals surface area contributed by atoms with Gasteiger partial charge in [-0.15, -0.1) is 0 Å². The zero-order valence-electron chi connectivity index (χ0n) is 26.4. The van der Waals surface area contributed by atoms with Crippen molar-refractivity contribution in [2.45, 2.75) is 19.3 Å². The van der Waals surface area contributed by atoms with Crippen LogP contribution in [0.15, 0.2) is 158 Å². The number of rotatable bonds is 4. The molecule has 1 aliphatic carbocycles. The van der Waals surface area contributed by atoms with E-state index in [0.717, 1.165) is 33.9 Å². The van der Waals surface area contributed by atoms with Crippen LogP contribution in [0.3, 0.4) is 0 Å². The quantitative estimate of drug-likeness (QED) is 0.201. The highest BCUT2D eigenvalue weighted by Crippen LogP contribution is 2.53. The monoisotopic (exact) mass is 600 g/mol. The molecule has 0 amide bonds. The van der Waals surface area contributed by atoms with Crippen molar-refractivity contribution in [3.05, 3.63) is 169 Å². The molecule has 47 heavy (non-hydrogen) atoms. The van der Waals surface area contributed by atoms with Gasteiger partial charge in [0.15, 0.2) is 5.82 Å². The van der Waals surface area contributed by atoms with Gasteiger partial charge in [0.05, 0.1) is 11.4 Å². The molecule has 1 aromatic heterocycles. The highest BCUT2D eigenvalue weighted by atomic mass is 14.9. The maximum Gasteiger partial charge on any atom is 0.160 e. The maximum absolute atomic E-state index is 5.11. The molecule has 0 saturated carbocycles. The molecule has 0 atom stereocenters. The van der Waals surface area contributed by atoms with E-state index in [-0.39, 0.29) is 5.41 Å². The zero-order valence-corrected chi connectivity index (χ0v) is 26.4. The summed E-state index contributed by atoms with van der Waals surface area (Å²) in [4.78, 5) is 10.2. The van der Waals surface area contributed by atoms with Gasteiger partial charge >= 0.3 is 0 Å². The van der Waals surface area contributed by atoms with Gasteiger partial charge in [0.1, 0.15) is 0 Å². The Morgan fingerprint density at radius 1 is 0.404 bits per heavy atom. The summed E-state index contributed by atoms with van der Waals surface area (Å²) in [6, 6.07) is 56.5. The van der Waals surface area contributed by atoms with Crippen LogP contribution in [0.1, 0.15) is 25.0 Å². The summed E-state index contributed by atoms with van der Waals surface area (Å²) >= 11 is 0. The first-order valence-electron chi connectivity index (χ1n) is 16.3. The van der Waals surface area contributed by atoms with E-state index in [0.29, 0.717) is 0 Å². The summed E-state index contributed by atoms with van der Waals surface area (Å²) in [5.74, 6) is 0.724. The third-order valence-electron chi connectivity index (χ3n) is 9.88. The van der Waals surface area contributed by atoms with Crippen molar-refractivity contribution in [1.29, 1.82) is 0 Å². The van der Waals surface area contributed by atoms with Crippen molar-refractivity contribution >= 4 is 21.5 Å². The van der Waals surface area contributed by atoms with Crippen LogP contribution in [0.4, 0.5) is 0 Å². The molecule has 1 heterocycles. The number of nitrogens with zero attached hydrogens (tertiary/aromatic N) is 2. The van der Waals surface area contributed by atoms with E-state index >= 15 is 0 Å². The van der Waals surface area contributed by atoms with Gasteiger partial charge in [-0.25, -0.2) is 9.97 Å². The standard InChI is InChI=1S/C45H32N2/c1-45(2)39-21-11-19-36(43(39)38-26-33-15-6-7-16-34(33)27-40(38)45)30-22-24-31(25-23-30)41-28-42(47-44(46-41)32-13-4-3-5-14-32)37-20-10-17-29-12-8-9-18-35(29)37/h3-28H,1-2H3. The maximum atomic E-state index is 5.11. The van der Waals surface area contributed by atoms with Crippen LogP contribution in [-0.4, -0.2) is 9.97 Å². The number of benzene rings is 7. The first-order chi connectivity index (χ1) is 23.0. The lowest BCUT2D eigenvalue weighted by Crippen LogP contribution is -2.14. The summed E-state index contributed by atoms with van der Waals surface area (Å²) in [7, 11) is 0. The van der Waals surface area contributed by atoms with Crippen LogP contribution in [-0.2, 0) is 5.41 Å². The Morgan fingerprint density at radius 3 is 1.83 bits per heavy atom. The van der Waals surface area contributed by atoms with Crippen LogP contribution >= 0.6 is 0 Å². The molecule has 0 N–H and O–H groups in total. The molecular formula is C45H32N2. The van der Waals surface area contributed by atoms with E-state index in [4.69, 9.17) is 9.97 Å². The van der Waals surface area contributed by atoms with Gasteiger partial charge in [-0.2, -0.15) is 0 Å². The minimum absolute atomic E-state index is 0.0720. The first-order valence-corrected chi connectivity index (χ1v) is 16.3. The van der Waals surface area contributed by atoms with Gasteiger partial charge in [-0.1, -0.05) is 153 Å². The second kappa shape index (κ2) is 10.6. The van der Waals surface area contributed by atoms with Gasteiger partial charge in [-0.05, 0) is 73.1 Å². The van der Waals surface area contributed by atoms with Crippen LogP contribution < -0.4 is 0 Å². The molecule has 0 spiro atoms. The Kier molecular flexibility index (Phi) is 6.20. The third-order valence-corrected chi connectivity index (χ3v) is 9.88. The largest absolute Gasteiger partial charge is 0.228 e. The fraction of sp³-hybridized carbons (Fsp3) is 0.0667. The highest BCUT2D eigenvalue weighted by Gasteiger charge is 2.37. The molecule has 0 aliphatic heterocycles. The molecule has 0 bridgehead atoms. The van der Waals surface area contributed by atoms with Gasteiger partial charge in [0.25, 0.3) is 0 Å². The van der Waals surface area contributed by atoms with E-state index in [1.807, 2.05) is 18.2 Å². The number of aromatic nitrogens is 2. The Labute approximate surface area is 275 Å². The highest BCUT2D eigenvalue weighted by molar-refractivity contribution is 5.99. The SMILES string of the molecule is CC1(C)c2cc3ccccc3cc2-c2c(-c3ccc(-c4cc(-c5cccc6ccccc56)nc(-c5ccccc5)n4)cc3)cccc21. The Balaban J connectivity index is 1.18. The van der Waals surface area contributed by atoms with Crippen molar-refractivity contribution in [2.24, 2.45) is 0 Å². The Bertz CT molecular complexity index is 2470. The predicted molar refractivity (Wildman–Crippen MR) is 196 cm³/mol.